The molecule has 0 saturated carbocycles. The SMILES string of the molecule is COc1ccc2c(c1)c1c3c(nc(-c4ccccc4)c1n2CCN(C)C)C(=O)N(CCN(C)C)C3=O. The summed E-state index contributed by atoms with van der Waals surface area (Å²) in [6.07, 6.45) is 0. The molecule has 2 aromatic heterocycles. The number of fused-ring (bicyclic) bond motifs is 5. The lowest BCUT2D eigenvalue weighted by Gasteiger charge is -2.16. The number of methoxy groups -OCH3 is 1. The van der Waals surface area contributed by atoms with Crippen LogP contribution in [0.15, 0.2) is 48.5 Å². The average molecular weight is 486 g/mol. The summed E-state index contributed by atoms with van der Waals surface area (Å²) in [5.41, 5.74) is 4.05. The van der Waals surface area contributed by atoms with Crippen LogP contribution in [0.3, 0.4) is 0 Å². The van der Waals surface area contributed by atoms with Gasteiger partial charge in [0.15, 0.2) is 0 Å². The number of carbonyl (C=O) groups is 2. The van der Waals surface area contributed by atoms with Gasteiger partial charge in [-0.05, 0) is 46.4 Å². The fourth-order valence-corrected chi connectivity index (χ4v) is 4.85. The predicted molar refractivity (Wildman–Crippen MR) is 142 cm³/mol. The summed E-state index contributed by atoms with van der Waals surface area (Å²) in [7, 11) is 9.55. The van der Waals surface area contributed by atoms with Gasteiger partial charge in [0.25, 0.3) is 11.8 Å². The lowest BCUT2D eigenvalue weighted by molar-refractivity contribution is 0.0643. The molecule has 3 heterocycles. The molecule has 0 radical (unpaired) electrons. The van der Waals surface area contributed by atoms with Crippen molar-refractivity contribution in [3.63, 3.8) is 0 Å². The number of aromatic nitrogens is 2. The summed E-state index contributed by atoms with van der Waals surface area (Å²) in [6, 6.07) is 15.8. The van der Waals surface area contributed by atoms with E-state index in [0.29, 0.717) is 36.6 Å². The molecule has 186 valence electrons. The molecule has 0 fully saturated rings. The minimum atomic E-state index is -0.340. The van der Waals surface area contributed by atoms with E-state index in [4.69, 9.17) is 9.72 Å². The Hall–Kier alpha value is -3.75. The molecule has 8 nitrogen and oxygen atoms in total. The molecule has 0 spiro atoms. The monoisotopic (exact) mass is 485 g/mol. The Morgan fingerprint density at radius 1 is 0.861 bits per heavy atom. The van der Waals surface area contributed by atoms with E-state index in [1.807, 2.05) is 81.6 Å². The first-order valence-electron chi connectivity index (χ1n) is 12.1. The Bertz CT molecular complexity index is 1470. The molecule has 0 N–H and O–H groups in total. The van der Waals surface area contributed by atoms with Crippen LogP contribution >= 0.6 is 0 Å². The second kappa shape index (κ2) is 9.37. The van der Waals surface area contributed by atoms with Gasteiger partial charge in [-0.1, -0.05) is 30.3 Å². The van der Waals surface area contributed by atoms with E-state index in [-0.39, 0.29) is 17.5 Å². The van der Waals surface area contributed by atoms with Gasteiger partial charge in [-0.25, -0.2) is 4.98 Å². The molecule has 0 unspecified atom stereocenters. The molecule has 1 aliphatic heterocycles. The molecular formula is C28H31N5O3. The Morgan fingerprint density at radius 3 is 2.22 bits per heavy atom. The molecule has 0 atom stereocenters. The van der Waals surface area contributed by atoms with Crippen LogP contribution in [0.1, 0.15) is 20.8 Å². The molecule has 0 aliphatic carbocycles. The molecule has 2 amide bonds. The average Bonchev–Trinajstić information content (AvgIpc) is 3.31. The molecule has 8 heteroatoms. The van der Waals surface area contributed by atoms with E-state index < -0.39 is 0 Å². The third-order valence-electron chi connectivity index (χ3n) is 6.70. The Labute approximate surface area is 210 Å². The maximum absolute atomic E-state index is 13.8. The zero-order valence-corrected chi connectivity index (χ0v) is 21.4. The normalized spacial score (nSPS) is 13.6. The third-order valence-corrected chi connectivity index (χ3v) is 6.70. The van der Waals surface area contributed by atoms with Crippen molar-refractivity contribution in [1.29, 1.82) is 0 Å². The van der Waals surface area contributed by atoms with Crippen LogP contribution in [0.4, 0.5) is 0 Å². The second-order valence-electron chi connectivity index (χ2n) is 9.68. The summed E-state index contributed by atoms with van der Waals surface area (Å²) in [5.74, 6) is 0.0682. The van der Waals surface area contributed by atoms with Gasteiger partial charge in [0.1, 0.15) is 11.4 Å². The largest absolute Gasteiger partial charge is 0.497 e. The second-order valence-corrected chi connectivity index (χ2v) is 9.68. The van der Waals surface area contributed by atoms with Gasteiger partial charge in [0, 0.05) is 48.0 Å². The number of carbonyl (C=O) groups excluding carboxylic acids is 2. The van der Waals surface area contributed by atoms with Crippen LogP contribution < -0.4 is 4.74 Å². The molecule has 4 aromatic rings. The van der Waals surface area contributed by atoms with Crippen molar-refractivity contribution in [2.45, 2.75) is 6.54 Å². The van der Waals surface area contributed by atoms with Gasteiger partial charge in [0.2, 0.25) is 0 Å². The fraction of sp³-hybridized carbons (Fsp3) is 0.321. The zero-order valence-electron chi connectivity index (χ0n) is 21.4. The van der Waals surface area contributed by atoms with Crippen molar-refractivity contribution in [3.05, 3.63) is 59.8 Å². The van der Waals surface area contributed by atoms with Crippen LogP contribution in [0.25, 0.3) is 33.1 Å². The first kappa shape index (κ1) is 24.0. The van der Waals surface area contributed by atoms with Gasteiger partial charge in [-0.3, -0.25) is 14.5 Å². The number of nitrogens with zero attached hydrogens (tertiary/aromatic N) is 5. The molecule has 0 saturated heterocycles. The maximum Gasteiger partial charge on any atom is 0.280 e. The molecular weight excluding hydrogens is 454 g/mol. The zero-order chi connectivity index (χ0) is 25.6. The number of amides is 2. The molecule has 5 rings (SSSR count). The highest BCUT2D eigenvalue weighted by Gasteiger charge is 2.40. The van der Waals surface area contributed by atoms with E-state index in [2.05, 4.69) is 9.47 Å². The Balaban J connectivity index is 1.88. The number of imide groups is 1. The van der Waals surface area contributed by atoms with Crippen molar-refractivity contribution in [1.82, 2.24) is 24.3 Å². The minimum Gasteiger partial charge on any atom is -0.497 e. The van der Waals surface area contributed by atoms with Gasteiger partial charge in [0.05, 0.1) is 23.9 Å². The first-order chi connectivity index (χ1) is 17.3. The minimum absolute atomic E-state index is 0.222. The highest BCUT2D eigenvalue weighted by atomic mass is 16.5. The number of rotatable bonds is 8. The lowest BCUT2D eigenvalue weighted by Crippen LogP contribution is -2.36. The van der Waals surface area contributed by atoms with E-state index in [1.165, 1.54) is 4.90 Å². The number of likely N-dealkylation sites (N-methyl/N-ethyl adjacent to an activating group) is 2. The standard InChI is InChI=1S/C28H31N5O3/c1-30(2)13-15-32-21-12-11-19(36-5)17-20(21)22-23-25(28(35)33(27(23)34)16-14-31(3)4)29-24(26(22)32)18-9-7-6-8-10-18/h6-12,17H,13-16H2,1-5H3. The van der Waals surface area contributed by atoms with Gasteiger partial charge >= 0.3 is 0 Å². The van der Waals surface area contributed by atoms with Crippen LogP contribution in [-0.4, -0.2) is 91.0 Å². The Morgan fingerprint density at radius 2 is 1.56 bits per heavy atom. The van der Waals surface area contributed by atoms with E-state index >= 15 is 0 Å². The van der Waals surface area contributed by atoms with Gasteiger partial charge in [-0.15, -0.1) is 0 Å². The highest BCUT2D eigenvalue weighted by molar-refractivity contribution is 6.30. The molecule has 1 aliphatic rings. The Kier molecular flexibility index (Phi) is 6.24. The van der Waals surface area contributed by atoms with Gasteiger partial charge in [-0.2, -0.15) is 0 Å². The van der Waals surface area contributed by atoms with Crippen molar-refractivity contribution in [3.8, 4) is 17.0 Å². The molecule has 36 heavy (non-hydrogen) atoms. The predicted octanol–water partition coefficient (Wildman–Crippen LogP) is 3.58. The number of ether oxygens (including phenoxy) is 1. The van der Waals surface area contributed by atoms with E-state index in [0.717, 1.165) is 33.9 Å². The summed E-state index contributed by atoms with van der Waals surface area (Å²) < 4.78 is 7.77. The molecule has 0 bridgehead atoms. The van der Waals surface area contributed by atoms with Crippen molar-refractivity contribution < 1.29 is 14.3 Å². The summed E-state index contributed by atoms with van der Waals surface area (Å²) in [5, 5.41) is 1.65. The number of pyridine rings is 1. The van der Waals surface area contributed by atoms with E-state index in [9.17, 15) is 9.59 Å². The summed E-state index contributed by atoms with van der Waals surface area (Å²) >= 11 is 0. The summed E-state index contributed by atoms with van der Waals surface area (Å²) in [4.78, 5) is 37.6. The van der Waals surface area contributed by atoms with Crippen LogP contribution in [0, 0.1) is 0 Å². The van der Waals surface area contributed by atoms with Crippen LogP contribution in [0.5, 0.6) is 5.75 Å². The number of benzene rings is 2. The maximum atomic E-state index is 13.8. The first-order valence-corrected chi connectivity index (χ1v) is 12.1. The van der Waals surface area contributed by atoms with E-state index in [1.54, 1.807) is 7.11 Å². The summed E-state index contributed by atoms with van der Waals surface area (Å²) in [6.45, 7) is 2.40. The van der Waals surface area contributed by atoms with Crippen molar-refractivity contribution in [2.75, 3.05) is 54.9 Å². The number of hydrogen-bond donors (Lipinski definition) is 0. The quantitative estimate of drug-likeness (QED) is 0.355. The van der Waals surface area contributed by atoms with Crippen molar-refractivity contribution in [2.24, 2.45) is 0 Å². The van der Waals surface area contributed by atoms with Crippen molar-refractivity contribution >= 4 is 33.6 Å². The fourth-order valence-electron chi connectivity index (χ4n) is 4.85. The lowest BCUT2D eigenvalue weighted by atomic mass is 10.0. The van der Waals surface area contributed by atoms with Gasteiger partial charge < -0.3 is 19.1 Å². The number of hydrogen-bond acceptors (Lipinski definition) is 6. The molecule has 2 aromatic carbocycles. The highest BCUT2D eigenvalue weighted by Crippen LogP contribution is 2.42. The smallest absolute Gasteiger partial charge is 0.280 e. The van der Waals surface area contributed by atoms with Crippen LogP contribution in [0.2, 0.25) is 0 Å². The topological polar surface area (TPSA) is 70.9 Å². The van der Waals surface area contributed by atoms with Crippen LogP contribution in [-0.2, 0) is 6.54 Å². The third kappa shape index (κ3) is 3.92.